The molecule has 1 aromatic rings. The van der Waals surface area contributed by atoms with Crippen molar-refractivity contribution in [3.63, 3.8) is 0 Å². The van der Waals surface area contributed by atoms with Gasteiger partial charge in [0.05, 0.1) is 17.7 Å². The van der Waals surface area contributed by atoms with Crippen molar-refractivity contribution >= 4 is 21.8 Å². The van der Waals surface area contributed by atoms with Crippen LogP contribution < -0.4 is 15.4 Å². The van der Waals surface area contributed by atoms with Crippen molar-refractivity contribution in [2.24, 2.45) is 5.92 Å². The lowest BCUT2D eigenvalue weighted by Gasteiger charge is -2.14. The molecule has 0 bridgehead atoms. The molecular weight excluding hydrogens is 336 g/mol. The minimum Gasteiger partial charge on any atom is -0.496 e. The highest BCUT2D eigenvalue weighted by Crippen LogP contribution is 2.25. The number of β-amino-alcohol motifs (C(OH)–C–C–N with tert-alkyl or cyclic N) is 1. The van der Waals surface area contributed by atoms with Gasteiger partial charge in [0.1, 0.15) is 5.75 Å². The second kappa shape index (κ2) is 7.77. The van der Waals surface area contributed by atoms with Gasteiger partial charge < -0.3 is 20.5 Å². The molecule has 1 aliphatic heterocycles. The highest BCUT2D eigenvalue weighted by molar-refractivity contribution is 9.10. The first-order valence-electron chi connectivity index (χ1n) is 7.08. The minimum absolute atomic E-state index is 0.0149. The summed E-state index contributed by atoms with van der Waals surface area (Å²) < 4.78 is 6.07. The first-order valence-corrected chi connectivity index (χ1v) is 7.87. The number of methoxy groups -OCH3 is 1. The van der Waals surface area contributed by atoms with Crippen molar-refractivity contribution < 1.29 is 14.6 Å². The van der Waals surface area contributed by atoms with Crippen LogP contribution in [0.2, 0.25) is 0 Å². The Hall–Kier alpha value is -1.11. The maximum absolute atomic E-state index is 11.8. The number of nitrogens with one attached hydrogen (secondary N) is 2. The molecule has 0 spiro atoms. The molecule has 1 saturated heterocycles. The lowest BCUT2D eigenvalue weighted by Crippen LogP contribution is -2.34. The van der Waals surface area contributed by atoms with Crippen LogP contribution in [-0.2, 0) is 11.2 Å². The molecule has 21 heavy (non-hydrogen) atoms. The van der Waals surface area contributed by atoms with Crippen LogP contribution in [0.15, 0.2) is 22.7 Å². The molecule has 0 aromatic heterocycles. The molecule has 1 aromatic carbocycles. The van der Waals surface area contributed by atoms with Crippen molar-refractivity contribution in [1.29, 1.82) is 0 Å². The number of halogens is 1. The zero-order valence-electron chi connectivity index (χ0n) is 12.1. The number of ether oxygens (including phenoxy) is 1. The summed E-state index contributed by atoms with van der Waals surface area (Å²) in [5, 5.41) is 15.6. The Morgan fingerprint density at radius 1 is 1.52 bits per heavy atom. The number of hydrogen-bond acceptors (Lipinski definition) is 4. The summed E-state index contributed by atoms with van der Waals surface area (Å²) in [5.41, 5.74) is 1.08. The summed E-state index contributed by atoms with van der Waals surface area (Å²) in [4.78, 5) is 11.8. The van der Waals surface area contributed by atoms with E-state index in [1.54, 1.807) is 7.11 Å². The van der Waals surface area contributed by atoms with Crippen LogP contribution >= 0.6 is 15.9 Å². The Morgan fingerprint density at radius 2 is 2.33 bits per heavy atom. The average molecular weight is 357 g/mol. The Bertz CT molecular complexity index is 496. The molecule has 5 nitrogen and oxygen atoms in total. The summed E-state index contributed by atoms with van der Waals surface area (Å²) in [5.74, 6) is 0.913. The van der Waals surface area contributed by atoms with Gasteiger partial charge in [0.15, 0.2) is 0 Å². The van der Waals surface area contributed by atoms with Crippen LogP contribution in [-0.4, -0.2) is 43.9 Å². The van der Waals surface area contributed by atoms with Crippen molar-refractivity contribution in [2.75, 3.05) is 26.7 Å². The maximum atomic E-state index is 11.8. The lowest BCUT2D eigenvalue weighted by atomic mass is 10.1. The smallest absolute Gasteiger partial charge is 0.220 e. The van der Waals surface area contributed by atoms with Crippen LogP contribution in [0.3, 0.4) is 0 Å². The van der Waals surface area contributed by atoms with E-state index >= 15 is 0 Å². The van der Waals surface area contributed by atoms with Gasteiger partial charge in [0.2, 0.25) is 5.91 Å². The van der Waals surface area contributed by atoms with E-state index < -0.39 is 0 Å². The van der Waals surface area contributed by atoms with Crippen molar-refractivity contribution in [2.45, 2.75) is 18.9 Å². The van der Waals surface area contributed by atoms with Crippen LogP contribution in [0, 0.1) is 5.92 Å². The number of benzene rings is 1. The van der Waals surface area contributed by atoms with E-state index in [9.17, 15) is 9.90 Å². The number of aryl methyl sites for hydroxylation is 1. The third-order valence-corrected chi connectivity index (χ3v) is 4.34. The zero-order valence-corrected chi connectivity index (χ0v) is 13.6. The zero-order chi connectivity index (χ0) is 15.2. The molecule has 0 radical (unpaired) electrons. The summed E-state index contributed by atoms with van der Waals surface area (Å²) in [6.45, 7) is 1.90. The average Bonchev–Trinajstić information content (AvgIpc) is 2.88. The van der Waals surface area contributed by atoms with E-state index in [4.69, 9.17) is 4.74 Å². The number of carbonyl (C=O) groups is 1. The van der Waals surface area contributed by atoms with Gasteiger partial charge in [-0.3, -0.25) is 4.79 Å². The molecule has 6 heteroatoms. The van der Waals surface area contributed by atoms with Gasteiger partial charge in [-0.05, 0) is 40.0 Å². The first kappa shape index (κ1) is 16.3. The van der Waals surface area contributed by atoms with E-state index in [0.717, 1.165) is 22.3 Å². The fourth-order valence-corrected chi connectivity index (χ4v) is 2.97. The molecule has 0 saturated carbocycles. The van der Waals surface area contributed by atoms with Crippen LogP contribution in [0.4, 0.5) is 0 Å². The normalized spacial score (nSPS) is 21.3. The second-order valence-corrected chi connectivity index (χ2v) is 6.11. The Morgan fingerprint density at radius 3 is 2.95 bits per heavy atom. The molecular formula is C15H21BrN2O3. The third kappa shape index (κ3) is 4.69. The predicted octanol–water partition coefficient (Wildman–Crippen LogP) is 1.09. The van der Waals surface area contributed by atoms with Gasteiger partial charge in [-0.25, -0.2) is 0 Å². The van der Waals surface area contributed by atoms with E-state index in [1.807, 2.05) is 18.2 Å². The van der Waals surface area contributed by atoms with E-state index in [-0.39, 0.29) is 17.9 Å². The van der Waals surface area contributed by atoms with Crippen molar-refractivity contribution in [1.82, 2.24) is 10.6 Å². The minimum atomic E-state index is -0.358. The number of aliphatic hydroxyl groups is 1. The molecule has 2 atom stereocenters. The fourth-order valence-electron chi connectivity index (χ4n) is 2.38. The number of aliphatic hydroxyl groups excluding tert-OH is 1. The number of amides is 1. The molecule has 1 heterocycles. The first-order chi connectivity index (χ1) is 10.1. The van der Waals surface area contributed by atoms with Crippen LogP contribution in [0.5, 0.6) is 5.75 Å². The standard InChI is InChI=1S/C15H21BrN2O3/c1-21-14-4-2-10(6-12(14)16)3-5-15(20)18-8-11-7-17-9-13(11)19/h2,4,6,11,13,17,19H,3,5,7-9H2,1H3,(H,18,20). The van der Waals surface area contributed by atoms with E-state index in [1.165, 1.54) is 0 Å². The lowest BCUT2D eigenvalue weighted by molar-refractivity contribution is -0.121. The van der Waals surface area contributed by atoms with Gasteiger partial charge in [-0.2, -0.15) is 0 Å². The Labute approximate surface area is 133 Å². The van der Waals surface area contributed by atoms with Gasteiger partial charge in [-0.1, -0.05) is 6.07 Å². The van der Waals surface area contributed by atoms with Gasteiger partial charge in [0.25, 0.3) is 0 Å². The van der Waals surface area contributed by atoms with Crippen molar-refractivity contribution in [3.05, 3.63) is 28.2 Å². The third-order valence-electron chi connectivity index (χ3n) is 3.72. The molecule has 1 fully saturated rings. The molecule has 2 rings (SSSR count). The Balaban J connectivity index is 1.74. The Kier molecular flexibility index (Phi) is 6.02. The maximum Gasteiger partial charge on any atom is 0.220 e. The monoisotopic (exact) mass is 356 g/mol. The summed E-state index contributed by atoms with van der Waals surface area (Å²) >= 11 is 3.44. The molecule has 1 aliphatic rings. The molecule has 3 N–H and O–H groups in total. The molecule has 1 amide bonds. The van der Waals surface area contributed by atoms with E-state index in [0.29, 0.717) is 25.9 Å². The van der Waals surface area contributed by atoms with E-state index in [2.05, 4.69) is 26.6 Å². The van der Waals surface area contributed by atoms with Gasteiger partial charge in [0, 0.05) is 32.0 Å². The molecule has 0 aliphatic carbocycles. The SMILES string of the molecule is COc1ccc(CCC(=O)NCC2CNCC2O)cc1Br. The largest absolute Gasteiger partial charge is 0.496 e. The van der Waals surface area contributed by atoms with Crippen LogP contribution in [0.25, 0.3) is 0 Å². The number of carbonyl (C=O) groups excluding carboxylic acids is 1. The van der Waals surface area contributed by atoms with Gasteiger partial charge in [-0.15, -0.1) is 0 Å². The second-order valence-electron chi connectivity index (χ2n) is 5.26. The topological polar surface area (TPSA) is 70.6 Å². The predicted molar refractivity (Wildman–Crippen MR) is 84.4 cm³/mol. The van der Waals surface area contributed by atoms with Gasteiger partial charge >= 0.3 is 0 Å². The van der Waals surface area contributed by atoms with Crippen LogP contribution in [0.1, 0.15) is 12.0 Å². The summed E-state index contributed by atoms with van der Waals surface area (Å²) in [6.07, 6.45) is 0.761. The highest BCUT2D eigenvalue weighted by Gasteiger charge is 2.24. The molecule has 2 unspecified atom stereocenters. The highest BCUT2D eigenvalue weighted by atomic mass is 79.9. The number of rotatable bonds is 6. The summed E-state index contributed by atoms with van der Waals surface area (Å²) in [6, 6.07) is 5.82. The summed E-state index contributed by atoms with van der Waals surface area (Å²) in [7, 11) is 1.62. The van der Waals surface area contributed by atoms with Crippen molar-refractivity contribution in [3.8, 4) is 5.75 Å². The number of hydrogen-bond donors (Lipinski definition) is 3. The quantitative estimate of drug-likeness (QED) is 0.713. The fraction of sp³-hybridized carbons (Fsp3) is 0.533. The molecule has 116 valence electrons.